The van der Waals surface area contributed by atoms with Gasteiger partial charge in [-0.2, -0.15) is 0 Å². The summed E-state index contributed by atoms with van der Waals surface area (Å²) in [5.74, 6) is 1.64. The van der Waals surface area contributed by atoms with Gasteiger partial charge < -0.3 is 9.64 Å². The second kappa shape index (κ2) is 15.8. The molecule has 0 saturated carbocycles. The maximum atomic E-state index is 7.26. The number of hydrogen-bond donors (Lipinski definition) is 0. The zero-order valence-electron chi connectivity index (χ0n) is 36.7. The summed E-state index contributed by atoms with van der Waals surface area (Å²) in [5, 5.41) is 2.31. The van der Waals surface area contributed by atoms with Crippen molar-refractivity contribution in [3.8, 4) is 67.1 Å². The van der Waals surface area contributed by atoms with Gasteiger partial charge in [-0.05, 0) is 121 Å². The fraction of sp³-hybridized carbons (Fsp3) is 0.0154. The second-order valence-electron chi connectivity index (χ2n) is 17.5. The summed E-state index contributed by atoms with van der Waals surface area (Å²) in [4.78, 5) is 2.45. The van der Waals surface area contributed by atoms with E-state index in [0.29, 0.717) is 0 Å². The van der Waals surface area contributed by atoms with Crippen molar-refractivity contribution in [3.05, 3.63) is 283 Å². The molecule has 1 heterocycles. The highest BCUT2D eigenvalue weighted by Gasteiger charge is 2.46. The molecule has 2 heteroatoms. The molecule has 0 fully saturated rings. The van der Waals surface area contributed by atoms with Gasteiger partial charge in [0.05, 0.1) is 11.1 Å². The van der Waals surface area contributed by atoms with E-state index in [4.69, 9.17) is 4.74 Å². The highest BCUT2D eigenvalue weighted by molar-refractivity contribution is 6.06. The van der Waals surface area contributed by atoms with Crippen LogP contribution in [-0.2, 0) is 5.41 Å². The smallest absolute Gasteiger partial charge is 0.137 e. The Balaban J connectivity index is 1.10. The van der Waals surface area contributed by atoms with Crippen molar-refractivity contribution in [3.63, 3.8) is 0 Å². The number of anilines is 3. The monoisotopic (exact) mass is 853 g/mol. The molecule has 0 radical (unpaired) electrons. The van der Waals surface area contributed by atoms with E-state index in [2.05, 4.69) is 266 Å². The average molecular weight is 854 g/mol. The molecule has 0 aromatic heterocycles. The van der Waals surface area contributed by atoms with Gasteiger partial charge in [0.2, 0.25) is 0 Å². The van der Waals surface area contributed by atoms with Crippen LogP contribution in [0.1, 0.15) is 22.3 Å². The first-order valence-electron chi connectivity index (χ1n) is 23.1. The number of hydrogen-bond acceptors (Lipinski definition) is 2. The fourth-order valence-corrected chi connectivity index (χ4v) is 11.0. The minimum Gasteiger partial charge on any atom is -0.456 e. The average Bonchev–Trinajstić information content (AvgIpc) is 3.61. The van der Waals surface area contributed by atoms with Crippen molar-refractivity contribution in [2.75, 3.05) is 4.90 Å². The van der Waals surface area contributed by atoms with Gasteiger partial charge in [-0.1, -0.05) is 212 Å². The van der Waals surface area contributed by atoms with Gasteiger partial charge in [0.15, 0.2) is 0 Å². The second-order valence-corrected chi connectivity index (χ2v) is 17.5. The SMILES string of the molecule is c1ccc(-c2ccc(N(c3ccc4c(c3)C(c3ccccc3)(c3ccccc3)c3ccccc3-4)c3cccc4c3-c3cccc(-c5ccccc5)c3-c3cc5ccccc5cc3O4)cc2)cc1. The summed E-state index contributed by atoms with van der Waals surface area (Å²) in [6.07, 6.45) is 0. The number of benzene rings is 11. The summed E-state index contributed by atoms with van der Waals surface area (Å²) in [6.45, 7) is 0. The normalized spacial score (nSPS) is 12.7. The van der Waals surface area contributed by atoms with Gasteiger partial charge in [0, 0.05) is 28.1 Å². The lowest BCUT2D eigenvalue weighted by Gasteiger charge is -2.35. The number of ether oxygens (including phenoxy) is 1. The van der Waals surface area contributed by atoms with Crippen molar-refractivity contribution in [2.24, 2.45) is 0 Å². The van der Waals surface area contributed by atoms with Gasteiger partial charge in [-0.25, -0.2) is 0 Å². The van der Waals surface area contributed by atoms with E-state index in [1.807, 2.05) is 0 Å². The van der Waals surface area contributed by atoms with Gasteiger partial charge in [0.25, 0.3) is 0 Å². The van der Waals surface area contributed by atoms with Crippen LogP contribution in [-0.4, -0.2) is 0 Å². The third kappa shape index (κ3) is 6.18. The molecule has 2 aliphatic rings. The van der Waals surface area contributed by atoms with Crippen LogP contribution < -0.4 is 9.64 Å². The van der Waals surface area contributed by atoms with Crippen molar-refractivity contribution >= 4 is 27.8 Å². The maximum absolute atomic E-state index is 7.26. The number of rotatable bonds is 7. The molecule has 2 nitrogen and oxygen atoms in total. The van der Waals surface area contributed by atoms with Crippen LogP contribution in [0.15, 0.2) is 261 Å². The van der Waals surface area contributed by atoms with Gasteiger partial charge >= 0.3 is 0 Å². The molecule has 13 rings (SSSR count). The van der Waals surface area contributed by atoms with E-state index >= 15 is 0 Å². The lowest BCUT2D eigenvalue weighted by molar-refractivity contribution is 0.488. The van der Waals surface area contributed by atoms with E-state index in [0.717, 1.165) is 72.9 Å². The summed E-state index contributed by atoms with van der Waals surface area (Å²) < 4.78 is 7.26. The zero-order valence-corrected chi connectivity index (χ0v) is 36.7. The zero-order chi connectivity index (χ0) is 44.3. The van der Waals surface area contributed by atoms with Crippen molar-refractivity contribution in [1.29, 1.82) is 0 Å². The van der Waals surface area contributed by atoms with Gasteiger partial charge in [-0.15, -0.1) is 0 Å². The van der Waals surface area contributed by atoms with E-state index < -0.39 is 5.41 Å². The molecule has 0 saturated heterocycles. The molecule has 1 aliphatic carbocycles. The predicted octanol–water partition coefficient (Wildman–Crippen LogP) is 17.4. The Labute approximate surface area is 391 Å². The quantitative estimate of drug-likeness (QED) is 0.158. The highest BCUT2D eigenvalue weighted by Crippen LogP contribution is 2.59. The van der Waals surface area contributed by atoms with E-state index in [1.165, 1.54) is 44.3 Å². The predicted molar refractivity (Wildman–Crippen MR) is 278 cm³/mol. The Hall–Kier alpha value is -8.72. The van der Waals surface area contributed by atoms with Crippen LogP contribution >= 0.6 is 0 Å². The minimum absolute atomic E-state index is 0.565. The van der Waals surface area contributed by atoms with Gasteiger partial charge in [0.1, 0.15) is 11.5 Å². The van der Waals surface area contributed by atoms with E-state index in [9.17, 15) is 0 Å². The lowest BCUT2D eigenvalue weighted by atomic mass is 9.67. The van der Waals surface area contributed by atoms with Crippen LogP contribution in [0.25, 0.3) is 66.4 Å². The van der Waals surface area contributed by atoms with Crippen LogP contribution in [0.2, 0.25) is 0 Å². The summed E-state index contributed by atoms with van der Waals surface area (Å²) >= 11 is 0. The molecule has 11 aromatic carbocycles. The Morgan fingerprint density at radius 3 is 1.55 bits per heavy atom. The number of nitrogens with zero attached hydrogens (tertiary/aromatic N) is 1. The molecular weight excluding hydrogens is 811 g/mol. The third-order valence-corrected chi connectivity index (χ3v) is 13.9. The Morgan fingerprint density at radius 2 is 0.836 bits per heavy atom. The molecule has 0 amide bonds. The molecule has 67 heavy (non-hydrogen) atoms. The van der Waals surface area contributed by atoms with E-state index in [-0.39, 0.29) is 0 Å². The molecule has 0 N–H and O–H groups in total. The lowest BCUT2D eigenvalue weighted by Crippen LogP contribution is -2.28. The van der Waals surface area contributed by atoms with Crippen LogP contribution in [0.5, 0.6) is 11.5 Å². The van der Waals surface area contributed by atoms with E-state index in [1.54, 1.807) is 0 Å². The van der Waals surface area contributed by atoms with Crippen LogP contribution in [0, 0.1) is 0 Å². The fourth-order valence-electron chi connectivity index (χ4n) is 11.0. The van der Waals surface area contributed by atoms with Crippen LogP contribution in [0.3, 0.4) is 0 Å². The largest absolute Gasteiger partial charge is 0.456 e. The summed E-state index contributed by atoms with van der Waals surface area (Å²) in [7, 11) is 0. The van der Waals surface area contributed by atoms with Crippen molar-refractivity contribution in [1.82, 2.24) is 0 Å². The first-order valence-corrected chi connectivity index (χ1v) is 23.1. The van der Waals surface area contributed by atoms with Gasteiger partial charge in [-0.3, -0.25) is 0 Å². The van der Waals surface area contributed by atoms with Crippen molar-refractivity contribution < 1.29 is 4.74 Å². The molecule has 1 aliphatic heterocycles. The maximum Gasteiger partial charge on any atom is 0.137 e. The molecule has 0 spiro atoms. The Bertz CT molecular complexity index is 3600. The van der Waals surface area contributed by atoms with Crippen molar-refractivity contribution in [2.45, 2.75) is 5.41 Å². The standard InChI is InChI=1S/C65H43NO/c1-5-19-44(20-6-1)45-35-37-51(38-36-45)66(52-39-40-55-54-29-15-16-32-58(54)65(59(55)43-52,49-25-9-3-10-26-49)50-27-11-4-12-28-50)60-33-18-34-61-64(60)56-31-17-30-53(46-21-7-2-8-22-46)63(56)57-41-47-23-13-14-24-48(47)42-62(57)67-61/h1-43H. The summed E-state index contributed by atoms with van der Waals surface area (Å²) in [5.41, 5.74) is 19.1. The first kappa shape index (κ1) is 38.7. The molecule has 314 valence electrons. The Morgan fingerprint density at radius 1 is 0.299 bits per heavy atom. The molecule has 0 unspecified atom stereocenters. The molecule has 0 atom stereocenters. The number of fused-ring (bicyclic) bond motifs is 9. The third-order valence-electron chi connectivity index (χ3n) is 13.9. The molecular formula is C65H43NO. The molecule has 11 aromatic rings. The van der Waals surface area contributed by atoms with Crippen LogP contribution in [0.4, 0.5) is 17.1 Å². The molecule has 0 bridgehead atoms. The Kier molecular flexibility index (Phi) is 9.11. The first-order chi connectivity index (χ1) is 33.2. The minimum atomic E-state index is -0.565. The summed E-state index contributed by atoms with van der Waals surface area (Å²) in [6, 6.07) is 95.0. The highest BCUT2D eigenvalue weighted by atomic mass is 16.5. The topological polar surface area (TPSA) is 12.5 Å².